The monoisotopic (exact) mass is 220 g/mol. The quantitative estimate of drug-likeness (QED) is 0.288. The third-order valence-corrected chi connectivity index (χ3v) is 0.653. The molecule has 1 N–H and O–H groups in total. The van der Waals surface area contributed by atoms with Crippen molar-refractivity contribution in [2.45, 2.75) is 0 Å². The molecule has 0 saturated carbocycles. The summed E-state index contributed by atoms with van der Waals surface area (Å²) in [6.45, 7) is 0. The van der Waals surface area contributed by atoms with Crippen molar-refractivity contribution in [3.8, 4) is 0 Å². The molecule has 6 heteroatoms. The Morgan fingerprint density at radius 3 is 1.07 bits per heavy atom. The number of carbonyl (C=O) groups is 2. The minimum atomic E-state index is 0.750. The zero-order valence-corrected chi connectivity index (χ0v) is 10.3. The molecule has 0 fully saturated rings. The van der Waals surface area contributed by atoms with Crippen molar-refractivity contribution in [1.82, 2.24) is 9.80 Å². The molecule has 0 atom stereocenters. The Bertz CT molecular complexity index is 163. The molecular formula is C9H22N3O3+. The predicted molar refractivity (Wildman–Crippen MR) is 60.3 cm³/mol. The largest absolute Gasteiger partial charge is 0.466 e. The number of nitrogens with zero attached hydrogens (tertiary/aromatic N) is 3. The van der Waals surface area contributed by atoms with Crippen molar-refractivity contribution in [2.24, 2.45) is 0 Å². The molecule has 0 aromatic rings. The van der Waals surface area contributed by atoms with Crippen LogP contribution in [0.5, 0.6) is 0 Å². The first-order valence-corrected chi connectivity index (χ1v) is 4.19. The van der Waals surface area contributed by atoms with Gasteiger partial charge in [-0.15, -0.1) is 0 Å². The number of hydrogen-bond acceptors (Lipinski definition) is 2. The van der Waals surface area contributed by atoms with E-state index < -0.39 is 0 Å². The van der Waals surface area contributed by atoms with Crippen molar-refractivity contribution in [1.29, 1.82) is 0 Å². The summed E-state index contributed by atoms with van der Waals surface area (Å²) in [6, 6.07) is 0. The van der Waals surface area contributed by atoms with Gasteiger partial charge in [-0.2, -0.15) is 0 Å². The molecule has 0 aromatic carbocycles. The molecule has 0 aromatic heterocycles. The average molecular weight is 220 g/mol. The molecule has 15 heavy (non-hydrogen) atoms. The van der Waals surface area contributed by atoms with Gasteiger partial charge in [0.25, 0.3) is 0 Å². The summed E-state index contributed by atoms with van der Waals surface area (Å²) >= 11 is 0. The van der Waals surface area contributed by atoms with Gasteiger partial charge in [0.2, 0.25) is 12.8 Å². The van der Waals surface area contributed by atoms with E-state index in [0.717, 1.165) is 19.2 Å². The van der Waals surface area contributed by atoms with Crippen LogP contribution in [-0.4, -0.2) is 81.0 Å². The van der Waals surface area contributed by atoms with E-state index in [2.05, 4.69) is 0 Å². The van der Waals surface area contributed by atoms with E-state index in [-0.39, 0.29) is 0 Å². The van der Waals surface area contributed by atoms with Crippen molar-refractivity contribution >= 4 is 19.2 Å². The van der Waals surface area contributed by atoms with Gasteiger partial charge in [0, 0.05) is 28.2 Å². The van der Waals surface area contributed by atoms with Crippen LogP contribution in [0.2, 0.25) is 0 Å². The molecule has 0 rings (SSSR count). The van der Waals surface area contributed by atoms with Crippen LogP contribution in [0.15, 0.2) is 0 Å². The van der Waals surface area contributed by atoms with Gasteiger partial charge in [0.05, 0.1) is 0 Å². The molecule has 90 valence electrons. The maximum atomic E-state index is 9.43. The molecule has 0 heterocycles. The lowest BCUT2D eigenvalue weighted by atomic mass is 11.0. The average Bonchev–Trinajstić information content (AvgIpc) is 2.19. The van der Waals surface area contributed by atoms with Crippen LogP contribution < -0.4 is 0 Å². The number of carbonyl (C=O) groups excluding carboxylic acids is 2. The second-order valence-electron chi connectivity index (χ2n) is 3.22. The Kier molecular flexibility index (Phi) is 18.9. The highest BCUT2D eigenvalue weighted by molar-refractivity contribution is 5.45. The minimum absolute atomic E-state index is 0.750. The second-order valence-corrected chi connectivity index (χ2v) is 3.22. The molecule has 0 unspecified atom stereocenters. The Hall–Kier alpha value is -1.59. The van der Waals surface area contributed by atoms with E-state index in [1.807, 2.05) is 0 Å². The molecule has 0 radical (unpaired) electrons. The summed E-state index contributed by atoms with van der Waals surface area (Å²) in [4.78, 5) is 21.8. The summed E-state index contributed by atoms with van der Waals surface area (Å²) in [5.74, 6) is 0. The fourth-order valence-corrected chi connectivity index (χ4v) is 0. The Labute approximate surface area is 91.4 Å². The van der Waals surface area contributed by atoms with Crippen LogP contribution in [0.4, 0.5) is 0 Å². The van der Waals surface area contributed by atoms with Gasteiger partial charge >= 0.3 is 6.40 Å². The predicted octanol–water partition coefficient (Wildman–Crippen LogP) is -0.746. The third kappa shape index (κ3) is 69.2. The number of amides is 2. The van der Waals surface area contributed by atoms with Crippen molar-refractivity contribution < 1.29 is 19.3 Å². The lowest BCUT2D eigenvalue weighted by Gasteiger charge is -1.93. The first-order valence-electron chi connectivity index (χ1n) is 4.19. The Morgan fingerprint density at radius 2 is 1.07 bits per heavy atom. The minimum Gasteiger partial charge on any atom is -0.466 e. The molecule has 0 aliphatic carbocycles. The van der Waals surface area contributed by atoms with Gasteiger partial charge in [-0.3, -0.25) is 9.59 Å². The smallest absolute Gasteiger partial charge is 0.320 e. The summed E-state index contributed by atoms with van der Waals surface area (Å²) in [7, 11) is 10.2. The van der Waals surface area contributed by atoms with E-state index in [0.29, 0.717) is 0 Å². The number of aliphatic hydroxyl groups is 1. The number of aliphatic hydroxyl groups excluding tert-OH is 1. The second kappa shape index (κ2) is 14.9. The maximum absolute atomic E-state index is 9.43. The van der Waals surface area contributed by atoms with Crippen LogP contribution in [0.3, 0.4) is 0 Å². The van der Waals surface area contributed by atoms with Gasteiger partial charge in [-0.05, 0) is 0 Å². The summed E-state index contributed by atoms with van der Waals surface area (Å²) in [6.07, 6.45) is 2.50. The third-order valence-electron chi connectivity index (χ3n) is 0.653. The van der Waals surface area contributed by atoms with Crippen LogP contribution in [0.25, 0.3) is 0 Å². The van der Waals surface area contributed by atoms with E-state index in [4.69, 9.17) is 5.11 Å². The number of rotatable bonds is 2. The first kappa shape index (κ1) is 19.1. The fourth-order valence-electron chi connectivity index (χ4n) is 0. The summed E-state index contributed by atoms with van der Waals surface area (Å²) in [5.41, 5.74) is 0. The standard InChI is InChI=1S/3C3H7NO/c3*1-4(2)3-5/h3*3H,1-2H3/p+1. The van der Waals surface area contributed by atoms with Gasteiger partial charge in [-0.25, -0.2) is 4.58 Å². The maximum Gasteiger partial charge on any atom is 0.320 e. The molecule has 2 amide bonds. The topological polar surface area (TPSA) is 63.9 Å². The molecule has 0 aliphatic heterocycles. The normalized spacial score (nSPS) is 6.80. The summed E-state index contributed by atoms with van der Waals surface area (Å²) < 4.78 is 1.56. The zero-order valence-electron chi connectivity index (χ0n) is 10.3. The van der Waals surface area contributed by atoms with Crippen LogP contribution in [-0.2, 0) is 9.59 Å². The lowest BCUT2D eigenvalue weighted by molar-refractivity contribution is -0.467. The molecule has 6 nitrogen and oxygen atoms in total. The van der Waals surface area contributed by atoms with E-state index in [1.165, 1.54) is 9.80 Å². The molecule has 0 saturated heterocycles. The Balaban J connectivity index is -0.000000144. The van der Waals surface area contributed by atoms with Crippen molar-refractivity contribution in [3.05, 3.63) is 0 Å². The van der Waals surface area contributed by atoms with E-state index in [9.17, 15) is 9.59 Å². The van der Waals surface area contributed by atoms with Crippen LogP contribution >= 0.6 is 0 Å². The SMILES string of the molecule is CN(C)C=O.CN(C)C=O.C[N+](C)=CO. The van der Waals surface area contributed by atoms with Gasteiger partial charge < -0.3 is 14.9 Å². The highest BCUT2D eigenvalue weighted by Crippen LogP contribution is 1.52. The summed E-state index contributed by atoms with van der Waals surface area (Å²) in [5, 5.41) is 7.94. The van der Waals surface area contributed by atoms with Gasteiger partial charge in [-0.1, -0.05) is 0 Å². The van der Waals surface area contributed by atoms with Gasteiger partial charge in [0.15, 0.2) is 0 Å². The van der Waals surface area contributed by atoms with E-state index in [1.54, 1.807) is 46.9 Å². The molecule has 0 bridgehead atoms. The molecule has 0 aliphatic rings. The highest BCUT2D eigenvalue weighted by Gasteiger charge is 1.68. The molecule has 0 spiro atoms. The molecular weight excluding hydrogens is 198 g/mol. The highest BCUT2D eigenvalue weighted by atomic mass is 16.3. The van der Waals surface area contributed by atoms with Crippen molar-refractivity contribution in [2.75, 3.05) is 42.3 Å². The Morgan fingerprint density at radius 1 is 0.933 bits per heavy atom. The first-order chi connectivity index (χ1) is 6.81. The van der Waals surface area contributed by atoms with Crippen LogP contribution in [0.1, 0.15) is 0 Å². The van der Waals surface area contributed by atoms with Gasteiger partial charge in [0.1, 0.15) is 14.1 Å². The van der Waals surface area contributed by atoms with Crippen LogP contribution in [0, 0.1) is 0 Å². The zero-order chi connectivity index (χ0) is 12.9. The number of hydrogen-bond donors (Lipinski definition) is 1. The van der Waals surface area contributed by atoms with E-state index >= 15 is 0 Å². The lowest BCUT2D eigenvalue weighted by Crippen LogP contribution is -2.06. The van der Waals surface area contributed by atoms with Crippen molar-refractivity contribution in [3.63, 3.8) is 0 Å². The fraction of sp³-hybridized carbons (Fsp3) is 0.667.